The van der Waals surface area contributed by atoms with Crippen molar-refractivity contribution < 1.29 is 13.9 Å². The van der Waals surface area contributed by atoms with Gasteiger partial charge in [-0.25, -0.2) is 0 Å². The molecule has 0 aliphatic carbocycles. The van der Waals surface area contributed by atoms with Gasteiger partial charge in [-0.2, -0.15) is 5.10 Å². The molecule has 162 valence electrons. The number of methoxy groups -OCH3 is 1. The summed E-state index contributed by atoms with van der Waals surface area (Å²) in [5, 5.41) is 4.81. The van der Waals surface area contributed by atoms with Crippen LogP contribution in [0.25, 0.3) is 17.3 Å². The van der Waals surface area contributed by atoms with Crippen molar-refractivity contribution in [3.05, 3.63) is 102 Å². The summed E-state index contributed by atoms with van der Waals surface area (Å²) in [5.74, 6) is 1.34. The summed E-state index contributed by atoms with van der Waals surface area (Å²) in [4.78, 5) is 14.3. The number of nitrogens with zero attached hydrogens (tertiary/aromatic N) is 3. The molecule has 0 unspecified atom stereocenters. The van der Waals surface area contributed by atoms with Crippen molar-refractivity contribution >= 4 is 12.0 Å². The van der Waals surface area contributed by atoms with E-state index in [0.717, 1.165) is 33.9 Å². The molecule has 0 aliphatic rings. The molecule has 6 heteroatoms. The number of carbonyl (C=O) groups is 1. The molecule has 6 nitrogen and oxygen atoms in total. The quantitative estimate of drug-likeness (QED) is 0.376. The highest BCUT2D eigenvalue weighted by Crippen LogP contribution is 2.31. The number of aromatic nitrogens is 2. The van der Waals surface area contributed by atoms with Gasteiger partial charge in [0.25, 0.3) is 0 Å². The minimum Gasteiger partial charge on any atom is -0.496 e. The molecule has 0 bridgehead atoms. The van der Waals surface area contributed by atoms with Crippen LogP contribution in [-0.2, 0) is 17.9 Å². The third kappa shape index (κ3) is 4.98. The fourth-order valence-electron chi connectivity index (χ4n) is 3.46. The minimum absolute atomic E-state index is 0.122. The molecule has 2 aromatic heterocycles. The molecule has 0 N–H and O–H groups in total. The number of likely N-dealkylation sites (N-methyl/N-ethyl adjacent to an activating group) is 1. The summed E-state index contributed by atoms with van der Waals surface area (Å²) < 4.78 is 12.8. The predicted octanol–water partition coefficient (Wildman–Crippen LogP) is 4.87. The highest BCUT2D eigenvalue weighted by atomic mass is 16.5. The van der Waals surface area contributed by atoms with Crippen LogP contribution in [0.15, 0.2) is 89.7 Å². The number of amides is 1. The van der Waals surface area contributed by atoms with Gasteiger partial charge in [0.2, 0.25) is 5.91 Å². The summed E-state index contributed by atoms with van der Waals surface area (Å²) in [6.45, 7) is 1.03. The summed E-state index contributed by atoms with van der Waals surface area (Å²) in [6, 6.07) is 21.5. The Morgan fingerprint density at radius 3 is 2.62 bits per heavy atom. The SMILES string of the molecule is COc1ccccc1-c1nn(Cc2ccccc2)cc1/C=C/C(=O)N(C)Cc1ccco1. The summed E-state index contributed by atoms with van der Waals surface area (Å²) in [6.07, 6.45) is 6.91. The summed E-state index contributed by atoms with van der Waals surface area (Å²) >= 11 is 0. The van der Waals surface area contributed by atoms with E-state index in [4.69, 9.17) is 14.3 Å². The standard InChI is InChI=1S/C26H25N3O3/c1-28(19-22-11-8-16-32-22)25(30)15-14-21-18-29(17-20-9-4-3-5-10-20)27-26(21)23-12-6-7-13-24(23)31-2/h3-16,18H,17,19H2,1-2H3/b15-14+. The van der Waals surface area contributed by atoms with E-state index >= 15 is 0 Å². The zero-order chi connectivity index (χ0) is 22.3. The second-order valence-electron chi connectivity index (χ2n) is 7.42. The van der Waals surface area contributed by atoms with Gasteiger partial charge in [-0.3, -0.25) is 9.48 Å². The van der Waals surface area contributed by atoms with E-state index in [1.807, 2.05) is 65.5 Å². The molecule has 4 rings (SSSR count). The predicted molar refractivity (Wildman–Crippen MR) is 124 cm³/mol. The van der Waals surface area contributed by atoms with Gasteiger partial charge in [-0.05, 0) is 35.9 Å². The van der Waals surface area contributed by atoms with E-state index in [9.17, 15) is 4.79 Å². The third-order valence-corrected chi connectivity index (χ3v) is 5.09. The van der Waals surface area contributed by atoms with Crippen LogP contribution in [0.3, 0.4) is 0 Å². The van der Waals surface area contributed by atoms with Crippen LogP contribution in [0, 0.1) is 0 Å². The van der Waals surface area contributed by atoms with Crippen LogP contribution in [0.4, 0.5) is 0 Å². The Balaban J connectivity index is 1.63. The monoisotopic (exact) mass is 427 g/mol. The molecule has 2 aromatic carbocycles. The Morgan fingerprint density at radius 2 is 1.88 bits per heavy atom. The van der Waals surface area contributed by atoms with Gasteiger partial charge >= 0.3 is 0 Å². The van der Waals surface area contributed by atoms with Gasteiger partial charge in [-0.1, -0.05) is 42.5 Å². The Morgan fingerprint density at radius 1 is 1.09 bits per heavy atom. The van der Waals surface area contributed by atoms with Gasteiger partial charge in [-0.15, -0.1) is 0 Å². The number of hydrogen-bond donors (Lipinski definition) is 0. The Bertz CT molecular complexity index is 1190. The molecule has 2 heterocycles. The molecular formula is C26H25N3O3. The maximum absolute atomic E-state index is 12.7. The normalized spacial score (nSPS) is 11.1. The van der Waals surface area contributed by atoms with Gasteiger partial charge in [0, 0.05) is 30.4 Å². The molecule has 0 saturated carbocycles. The van der Waals surface area contributed by atoms with E-state index in [-0.39, 0.29) is 5.91 Å². The first-order valence-electron chi connectivity index (χ1n) is 10.3. The highest BCUT2D eigenvalue weighted by molar-refractivity contribution is 5.92. The Kier molecular flexibility index (Phi) is 6.51. The van der Waals surface area contributed by atoms with Gasteiger partial charge < -0.3 is 14.1 Å². The highest BCUT2D eigenvalue weighted by Gasteiger charge is 2.15. The lowest BCUT2D eigenvalue weighted by Crippen LogP contribution is -2.23. The molecule has 4 aromatic rings. The Hall–Kier alpha value is -4.06. The number of benzene rings is 2. The molecule has 0 spiro atoms. The maximum atomic E-state index is 12.7. The fraction of sp³-hybridized carbons (Fsp3) is 0.154. The van der Waals surface area contributed by atoms with Gasteiger partial charge in [0.1, 0.15) is 17.2 Å². The molecule has 32 heavy (non-hydrogen) atoms. The van der Waals surface area contributed by atoms with Crippen molar-refractivity contribution in [2.75, 3.05) is 14.2 Å². The lowest BCUT2D eigenvalue weighted by Gasteiger charge is -2.12. The molecule has 0 fully saturated rings. The summed E-state index contributed by atoms with van der Waals surface area (Å²) in [5.41, 5.74) is 3.62. The zero-order valence-electron chi connectivity index (χ0n) is 18.1. The average molecular weight is 428 g/mol. The summed E-state index contributed by atoms with van der Waals surface area (Å²) in [7, 11) is 3.39. The van der Waals surface area contributed by atoms with Crippen LogP contribution < -0.4 is 4.74 Å². The minimum atomic E-state index is -0.122. The van der Waals surface area contributed by atoms with Crippen molar-refractivity contribution in [1.82, 2.24) is 14.7 Å². The number of furan rings is 1. The van der Waals surface area contributed by atoms with Crippen LogP contribution >= 0.6 is 0 Å². The van der Waals surface area contributed by atoms with E-state index in [0.29, 0.717) is 13.1 Å². The van der Waals surface area contributed by atoms with E-state index < -0.39 is 0 Å². The van der Waals surface area contributed by atoms with E-state index in [1.165, 1.54) is 0 Å². The van der Waals surface area contributed by atoms with Crippen LogP contribution in [0.2, 0.25) is 0 Å². The third-order valence-electron chi connectivity index (χ3n) is 5.09. The van der Waals surface area contributed by atoms with Crippen LogP contribution in [0.5, 0.6) is 5.75 Å². The van der Waals surface area contributed by atoms with E-state index in [2.05, 4.69) is 12.1 Å². The first-order valence-corrected chi connectivity index (χ1v) is 10.3. The fourth-order valence-corrected chi connectivity index (χ4v) is 3.46. The van der Waals surface area contributed by atoms with Crippen molar-refractivity contribution in [3.8, 4) is 17.0 Å². The number of para-hydroxylation sites is 1. The first-order chi connectivity index (χ1) is 15.6. The van der Waals surface area contributed by atoms with Crippen LogP contribution in [-0.4, -0.2) is 34.7 Å². The molecular weight excluding hydrogens is 402 g/mol. The van der Waals surface area contributed by atoms with Crippen molar-refractivity contribution in [1.29, 1.82) is 0 Å². The molecule has 0 saturated heterocycles. The molecule has 0 atom stereocenters. The van der Waals surface area contributed by atoms with Gasteiger partial charge in [0.05, 0.1) is 26.5 Å². The second kappa shape index (κ2) is 9.83. The number of carbonyl (C=O) groups excluding carboxylic acids is 1. The Labute approximate surface area is 187 Å². The maximum Gasteiger partial charge on any atom is 0.246 e. The number of hydrogen-bond acceptors (Lipinski definition) is 4. The van der Waals surface area contributed by atoms with Crippen molar-refractivity contribution in [2.24, 2.45) is 0 Å². The lowest BCUT2D eigenvalue weighted by molar-refractivity contribution is -0.125. The zero-order valence-corrected chi connectivity index (χ0v) is 18.1. The van der Waals surface area contributed by atoms with Crippen molar-refractivity contribution in [3.63, 3.8) is 0 Å². The largest absolute Gasteiger partial charge is 0.496 e. The molecule has 1 amide bonds. The molecule has 0 radical (unpaired) electrons. The molecule has 0 aliphatic heterocycles. The lowest BCUT2D eigenvalue weighted by atomic mass is 10.1. The smallest absolute Gasteiger partial charge is 0.246 e. The second-order valence-corrected chi connectivity index (χ2v) is 7.42. The average Bonchev–Trinajstić information content (AvgIpc) is 3.48. The number of rotatable bonds is 8. The van der Waals surface area contributed by atoms with Crippen molar-refractivity contribution in [2.45, 2.75) is 13.1 Å². The topological polar surface area (TPSA) is 60.5 Å². The van der Waals surface area contributed by atoms with E-state index in [1.54, 1.807) is 37.5 Å². The van der Waals surface area contributed by atoms with Gasteiger partial charge in [0.15, 0.2) is 0 Å². The first kappa shape index (κ1) is 21.2. The van der Waals surface area contributed by atoms with Crippen LogP contribution in [0.1, 0.15) is 16.9 Å². The number of ether oxygens (including phenoxy) is 1.